The van der Waals surface area contributed by atoms with Crippen molar-refractivity contribution in [1.29, 1.82) is 0 Å². The lowest BCUT2D eigenvalue weighted by Crippen LogP contribution is -2.29. The Hall–Kier alpha value is -0.920. The van der Waals surface area contributed by atoms with E-state index in [0.29, 0.717) is 19.2 Å². The van der Waals surface area contributed by atoms with Crippen LogP contribution in [0.15, 0.2) is 10.7 Å². The van der Waals surface area contributed by atoms with Crippen molar-refractivity contribution in [3.05, 3.63) is 10.7 Å². The highest BCUT2D eigenvalue weighted by Gasteiger charge is 2.11. The number of aliphatic hydroxyl groups excluding tert-OH is 1. The van der Waals surface area contributed by atoms with Gasteiger partial charge in [-0.1, -0.05) is 0 Å². The molecule has 0 amide bonds. The van der Waals surface area contributed by atoms with Crippen LogP contribution in [0.3, 0.4) is 0 Å². The van der Waals surface area contributed by atoms with Gasteiger partial charge in [-0.25, -0.2) is 4.98 Å². The third-order valence-electron chi connectivity index (χ3n) is 2.37. The number of anilines is 2. The largest absolute Gasteiger partial charge is 0.394 e. The zero-order valence-corrected chi connectivity index (χ0v) is 12.3. The summed E-state index contributed by atoms with van der Waals surface area (Å²) in [5, 5.41) is 11.6. The first-order chi connectivity index (χ1) is 8.72. The molecule has 0 radical (unpaired) electrons. The molecule has 0 aliphatic rings. The lowest BCUT2D eigenvalue weighted by atomic mass is 10.4. The molecule has 7 heteroatoms. The molecule has 0 aromatic carbocycles. The summed E-state index contributed by atoms with van der Waals surface area (Å²) in [6, 6.07) is 0. The lowest BCUT2D eigenvalue weighted by molar-refractivity contribution is 0.0967. The van der Waals surface area contributed by atoms with E-state index < -0.39 is 0 Å². The van der Waals surface area contributed by atoms with Crippen LogP contribution < -0.4 is 10.2 Å². The standard InChI is InChI=1S/C11H19BrN4O2/c1-3-16(4-6-18-7-5-17)10-9(12)8-14-11(13-2)15-10/h8,17H,3-7H2,1-2H3,(H,13,14,15). The molecule has 18 heavy (non-hydrogen) atoms. The van der Waals surface area contributed by atoms with E-state index >= 15 is 0 Å². The SMILES string of the molecule is CCN(CCOCCO)c1nc(NC)ncc1Br. The average molecular weight is 319 g/mol. The van der Waals surface area contributed by atoms with Gasteiger partial charge >= 0.3 is 0 Å². The highest BCUT2D eigenvalue weighted by molar-refractivity contribution is 9.10. The number of aliphatic hydroxyl groups is 1. The Kier molecular flexibility index (Phi) is 6.92. The number of halogens is 1. The fourth-order valence-corrected chi connectivity index (χ4v) is 1.90. The van der Waals surface area contributed by atoms with Crippen LogP contribution in [0.2, 0.25) is 0 Å². The number of hydrogen-bond acceptors (Lipinski definition) is 6. The molecule has 6 nitrogen and oxygen atoms in total. The van der Waals surface area contributed by atoms with Gasteiger partial charge in [-0.05, 0) is 22.9 Å². The predicted molar refractivity (Wildman–Crippen MR) is 75.1 cm³/mol. The first-order valence-electron chi connectivity index (χ1n) is 5.86. The molecule has 2 N–H and O–H groups in total. The second-order valence-corrected chi connectivity index (χ2v) is 4.39. The summed E-state index contributed by atoms with van der Waals surface area (Å²) >= 11 is 3.45. The van der Waals surface area contributed by atoms with Crippen molar-refractivity contribution in [1.82, 2.24) is 9.97 Å². The minimum absolute atomic E-state index is 0.0488. The fraction of sp³-hybridized carbons (Fsp3) is 0.636. The Morgan fingerprint density at radius 3 is 2.89 bits per heavy atom. The highest BCUT2D eigenvalue weighted by Crippen LogP contribution is 2.23. The number of rotatable bonds is 8. The maximum absolute atomic E-state index is 8.64. The second-order valence-electron chi connectivity index (χ2n) is 3.53. The van der Waals surface area contributed by atoms with Gasteiger partial charge in [-0.2, -0.15) is 4.98 Å². The molecule has 0 saturated heterocycles. The Morgan fingerprint density at radius 2 is 2.28 bits per heavy atom. The van der Waals surface area contributed by atoms with E-state index in [1.165, 1.54) is 0 Å². The maximum Gasteiger partial charge on any atom is 0.224 e. The fourth-order valence-electron chi connectivity index (χ4n) is 1.46. The number of likely N-dealkylation sites (N-methyl/N-ethyl adjacent to an activating group) is 1. The molecule has 0 fully saturated rings. The van der Waals surface area contributed by atoms with Crippen LogP contribution in [-0.4, -0.2) is 55.0 Å². The predicted octanol–water partition coefficient (Wildman–Crippen LogP) is 1.12. The van der Waals surface area contributed by atoms with Gasteiger partial charge in [0.25, 0.3) is 0 Å². The molecular weight excluding hydrogens is 300 g/mol. The van der Waals surface area contributed by atoms with Gasteiger partial charge in [0.1, 0.15) is 5.82 Å². The van der Waals surface area contributed by atoms with Gasteiger partial charge in [0.15, 0.2) is 0 Å². The summed E-state index contributed by atoms with van der Waals surface area (Å²) in [5.41, 5.74) is 0. The molecule has 0 aliphatic heterocycles. The first kappa shape index (κ1) is 15.1. The molecule has 102 valence electrons. The number of nitrogens with one attached hydrogen (secondary N) is 1. The topological polar surface area (TPSA) is 70.5 Å². The quantitative estimate of drug-likeness (QED) is 0.700. The van der Waals surface area contributed by atoms with Gasteiger partial charge in [0.2, 0.25) is 5.95 Å². The number of nitrogens with zero attached hydrogens (tertiary/aromatic N) is 3. The van der Waals surface area contributed by atoms with E-state index in [0.717, 1.165) is 23.4 Å². The van der Waals surface area contributed by atoms with Crippen molar-refractivity contribution in [3.63, 3.8) is 0 Å². The summed E-state index contributed by atoms with van der Waals surface area (Å²) in [7, 11) is 1.79. The molecule has 0 unspecified atom stereocenters. The van der Waals surface area contributed by atoms with Crippen LogP contribution in [-0.2, 0) is 4.74 Å². The van der Waals surface area contributed by atoms with Crippen LogP contribution in [0.5, 0.6) is 0 Å². The van der Waals surface area contributed by atoms with Gasteiger partial charge in [-0.15, -0.1) is 0 Å². The Morgan fingerprint density at radius 1 is 1.50 bits per heavy atom. The van der Waals surface area contributed by atoms with Gasteiger partial charge in [0, 0.05) is 26.3 Å². The summed E-state index contributed by atoms with van der Waals surface area (Å²) in [5.74, 6) is 1.42. The molecule has 1 rings (SSSR count). The summed E-state index contributed by atoms with van der Waals surface area (Å²) in [6.07, 6.45) is 1.73. The van der Waals surface area contributed by atoms with Gasteiger partial charge < -0.3 is 20.1 Å². The van der Waals surface area contributed by atoms with Crippen LogP contribution >= 0.6 is 15.9 Å². The van der Waals surface area contributed by atoms with Gasteiger partial charge in [-0.3, -0.25) is 0 Å². The minimum atomic E-state index is 0.0488. The van der Waals surface area contributed by atoms with E-state index in [2.05, 4.69) is 43.0 Å². The van der Waals surface area contributed by atoms with E-state index in [1.54, 1.807) is 13.2 Å². The van der Waals surface area contributed by atoms with E-state index in [-0.39, 0.29) is 6.61 Å². The molecule has 0 saturated carbocycles. The molecule has 0 atom stereocenters. The van der Waals surface area contributed by atoms with Crippen molar-refractivity contribution >= 4 is 27.7 Å². The second kappa shape index (κ2) is 8.23. The molecular formula is C11H19BrN4O2. The monoisotopic (exact) mass is 318 g/mol. The maximum atomic E-state index is 8.64. The first-order valence-corrected chi connectivity index (χ1v) is 6.66. The van der Waals surface area contributed by atoms with Crippen molar-refractivity contribution in [2.45, 2.75) is 6.92 Å². The smallest absolute Gasteiger partial charge is 0.224 e. The summed E-state index contributed by atoms with van der Waals surface area (Å²) < 4.78 is 6.12. The van der Waals surface area contributed by atoms with Crippen LogP contribution in [0.4, 0.5) is 11.8 Å². The number of hydrogen-bond donors (Lipinski definition) is 2. The Bertz CT molecular complexity index is 365. The average Bonchev–Trinajstić information content (AvgIpc) is 2.40. The van der Waals surface area contributed by atoms with Crippen molar-refractivity contribution < 1.29 is 9.84 Å². The zero-order chi connectivity index (χ0) is 13.4. The summed E-state index contributed by atoms with van der Waals surface area (Å²) in [6.45, 7) is 4.56. The van der Waals surface area contributed by atoms with Crippen LogP contribution in [0.25, 0.3) is 0 Å². The third-order valence-corrected chi connectivity index (χ3v) is 2.93. The van der Waals surface area contributed by atoms with E-state index in [1.807, 2.05) is 0 Å². The number of ether oxygens (including phenoxy) is 1. The van der Waals surface area contributed by atoms with Crippen LogP contribution in [0, 0.1) is 0 Å². The van der Waals surface area contributed by atoms with Crippen molar-refractivity contribution in [3.8, 4) is 0 Å². The molecule has 0 aliphatic carbocycles. The normalized spacial score (nSPS) is 10.4. The lowest BCUT2D eigenvalue weighted by Gasteiger charge is -2.23. The molecule has 1 aromatic rings. The third kappa shape index (κ3) is 4.40. The Balaban J connectivity index is 2.68. The number of aromatic nitrogens is 2. The molecule has 0 spiro atoms. The Labute approximate surface area is 116 Å². The van der Waals surface area contributed by atoms with E-state index in [4.69, 9.17) is 9.84 Å². The highest BCUT2D eigenvalue weighted by atomic mass is 79.9. The van der Waals surface area contributed by atoms with Gasteiger partial charge in [0.05, 0.1) is 24.3 Å². The van der Waals surface area contributed by atoms with Crippen LogP contribution in [0.1, 0.15) is 6.92 Å². The molecule has 0 bridgehead atoms. The van der Waals surface area contributed by atoms with E-state index in [9.17, 15) is 0 Å². The van der Waals surface area contributed by atoms with Crippen molar-refractivity contribution in [2.75, 3.05) is 50.2 Å². The van der Waals surface area contributed by atoms with Crippen molar-refractivity contribution in [2.24, 2.45) is 0 Å². The summed E-state index contributed by atoms with van der Waals surface area (Å²) in [4.78, 5) is 10.6. The zero-order valence-electron chi connectivity index (χ0n) is 10.7. The molecule has 1 aromatic heterocycles. The minimum Gasteiger partial charge on any atom is -0.394 e. The molecule has 1 heterocycles.